The molecule has 0 aliphatic carbocycles. The van der Waals surface area contributed by atoms with Crippen molar-refractivity contribution < 1.29 is 47.8 Å². The van der Waals surface area contributed by atoms with E-state index in [0.717, 1.165) is 70.6 Å². The molecule has 12 heteroatoms. The standard InChI is InChI=1S/C52H96NO10P/c1-3-5-7-9-11-13-15-17-19-21-23-24-26-27-29-31-33-35-37-39-41-43-50(55)53-49(52(57)58)47-63-64(59,60)62-46-48(54)45-61-51(56)44-42-40-38-36-34-32-30-28-25-22-20-18-16-14-12-10-8-6-4-2/h12,14,18,20,25,28,48-49,54H,3-11,13,15-17,19,21-24,26-27,29-47H2,1-2H3,(H,53,55)(H,57,58)(H,59,60)/b14-12-,20-18-,28-25-. The third kappa shape index (κ3) is 46.2. The number of rotatable bonds is 49. The van der Waals surface area contributed by atoms with Crippen LogP contribution in [0.2, 0.25) is 0 Å². The van der Waals surface area contributed by atoms with Gasteiger partial charge in [0, 0.05) is 12.8 Å². The summed E-state index contributed by atoms with van der Waals surface area (Å²) in [5.74, 6) is -2.37. The SMILES string of the molecule is CCCCC/C=C\C/C=C\C/C=C\CCCCCCCCC(=O)OCC(O)COP(=O)(O)OCC(NC(=O)CCCCCCCCCCCCCCCCCCCCCCC)C(=O)O. The van der Waals surface area contributed by atoms with Crippen LogP contribution in [0.5, 0.6) is 0 Å². The van der Waals surface area contributed by atoms with Crippen LogP contribution >= 0.6 is 7.82 Å². The van der Waals surface area contributed by atoms with Gasteiger partial charge in [-0.15, -0.1) is 0 Å². The van der Waals surface area contributed by atoms with Crippen LogP contribution < -0.4 is 5.32 Å². The van der Waals surface area contributed by atoms with Gasteiger partial charge in [-0.1, -0.05) is 217 Å². The van der Waals surface area contributed by atoms with Gasteiger partial charge in [0.2, 0.25) is 5.91 Å². The summed E-state index contributed by atoms with van der Waals surface area (Å²) in [4.78, 5) is 46.1. The van der Waals surface area contributed by atoms with Gasteiger partial charge in [-0.25, -0.2) is 9.36 Å². The minimum absolute atomic E-state index is 0.149. The number of aliphatic carboxylic acids is 1. The lowest BCUT2D eigenvalue weighted by Gasteiger charge is -2.18. The Balaban J connectivity index is 3.82. The number of carbonyl (C=O) groups is 3. The number of esters is 1. The van der Waals surface area contributed by atoms with Gasteiger partial charge in [-0.2, -0.15) is 0 Å². The van der Waals surface area contributed by atoms with Gasteiger partial charge >= 0.3 is 19.8 Å². The number of aliphatic hydroxyl groups excluding tert-OH is 1. The number of carboxylic acid groups (broad SMARTS) is 1. The van der Waals surface area contributed by atoms with E-state index in [-0.39, 0.29) is 12.8 Å². The van der Waals surface area contributed by atoms with E-state index in [2.05, 4.69) is 55.6 Å². The number of carboxylic acids is 1. The molecule has 374 valence electrons. The van der Waals surface area contributed by atoms with Crippen molar-refractivity contribution in [3.63, 3.8) is 0 Å². The Kier molecular flexibility index (Phi) is 45.5. The quantitative estimate of drug-likeness (QED) is 0.0199. The first kappa shape index (κ1) is 61.7. The van der Waals surface area contributed by atoms with Crippen molar-refractivity contribution in [2.45, 2.75) is 257 Å². The predicted molar refractivity (Wildman–Crippen MR) is 263 cm³/mol. The molecule has 3 atom stereocenters. The second kappa shape index (κ2) is 47.2. The third-order valence-electron chi connectivity index (χ3n) is 11.4. The highest BCUT2D eigenvalue weighted by Crippen LogP contribution is 2.43. The number of hydrogen-bond acceptors (Lipinski definition) is 8. The minimum Gasteiger partial charge on any atom is -0.480 e. The first-order chi connectivity index (χ1) is 31.1. The number of unbranched alkanes of at least 4 members (excludes halogenated alkanes) is 29. The number of aliphatic hydroxyl groups is 1. The van der Waals surface area contributed by atoms with Crippen molar-refractivity contribution in [3.05, 3.63) is 36.5 Å². The topological polar surface area (TPSA) is 169 Å². The average Bonchev–Trinajstić information content (AvgIpc) is 3.27. The molecule has 0 spiro atoms. The Morgan fingerprint density at radius 2 is 0.859 bits per heavy atom. The van der Waals surface area contributed by atoms with E-state index in [1.807, 2.05) is 0 Å². The number of phosphoric acid groups is 1. The summed E-state index contributed by atoms with van der Waals surface area (Å²) in [6, 6.07) is -1.55. The zero-order valence-electron chi connectivity index (χ0n) is 40.8. The molecule has 0 bridgehead atoms. The molecule has 1 amide bonds. The van der Waals surface area contributed by atoms with Gasteiger partial charge in [0.1, 0.15) is 12.7 Å². The van der Waals surface area contributed by atoms with Crippen LogP contribution in [0.4, 0.5) is 0 Å². The molecular formula is C52H96NO10P. The van der Waals surface area contributed by atoms with E-state index in [0.29, 0.717) is 12.8 Å². The Morgan fingerprint density at radius 1 is 0.500 bits per heavy atom. The second-order valence-corrected chi connectivity index (χ2v) is 19.2. The maximum absolute atomic E-state index is 12.4. The fourth-order valence-corrected chi connectivity index (χ4v) is 8.16. The van der Waals surface area contributed by atoms with E-state index >= 15 is 0 Å². The summed E-state index contributed by atoms with van der Waals surface area (Å²) in [5, 5.41) is 21.9. The van der Waals surface area contributed by atoms with Gasteiger partial charge < -0.3 is 25.2 Å². The average molecular weight is 926 g/mol. The molecule has 64 heavy (non-hydrogen) atoms. The zero-order chi connectivity index (χ0) is 47.0. The molecule has 0 aliphatic rings. The van der Waals surface area contributed by atoms with E-state index in [9.17, 15) is 34.1 Å². The highest BCUT2D eigenvalue weighted by molar-refractivity contribution is 7.47. The lowest BCUT2D eigenvalue weighted by atomic mass is 10.0. The van der Waals surface area contributed by atoms with Crippen LogP contribution in [0.25, 0.3) is 0 Å². The van der Waals surface area contributed by atoms with Crippen molar-refractivity contribution >= 4 is 25.7 Å². The molecule has 11 nitrogen and oxygen atoms in total. The van der Waals surface area contributed by atoms with E-state index in [1.54, 1.807) is 0 Å². The number of allylic oxidation sites excluding steroid dienone is 6. The molecule has 0 fully saturated rings. The zero-order valence-corrected chi connectivity index (χ0v) is 41.7. The summed E-state index contributed by atoms with van der Waals surface area (Å²) in [7, 11) is -4.76. The second-order valence-electron chi connectivity index (χ2n) is 17.7. The molecule has 0 saturated carbocycles. The van der Waals surface area contributed by atoms with Gasteiger partial charge in [0.05, 0.1) is 13.2 Å². The van der Waals surface area contributed by atoms with Crippen LogP contribution in [0.3, 0.4) is 0 Å². The van der Waals surface area contributed by atoms with Crippen LogP contribution in [0.1, 0.15) is 245 Å². The Morgan fingerprint density at radius 3 is 1.31 bits per heavy atom. The molecule has 0 saturated heterocycles. The maximum Gasteiger partial charge on any atom is 0.472 e. The molecule has 0 aromatic heterocycles. The van der Waals surface area contributed by atoms with Crippen molar-refractivity contribution in [1.82, 2.24) is 5.32 Å². The predicted octanol–water partition coefficient (Wildman–Crippen LogP) is 14.3. The number of hydrogen-bond donors (Lipinski definition) is 4. The lowest BCUT2D eigenvalue weighted by Crippen LogP contribution is -2.43. The Labute approximate surface area is 391 Å². The lowest BCUT2D eigenvalue weighted by molar-refractivity contribution is -0.147. The number of carbonyl (C=O) groups excluding carboxylic acids is 2. The van der Waals surface area contributed by atoms with Crippen molar-refractivity contribution in [2.24, 2.45) is 0 Å². The normalized spacial score (nSPS) is 13.8. The van der Waals surface area contributed by atoms with E-state index < -0.39 is 57.6 Å². The summed E-state index contributed by atoms with van der Waals surface area (Å²) in [6.45, 7) is 2.59. The maximum atomic E-state index is 12.4. The number of amides is 1. The summed E-state index contributed by atoms with van der Waals surface area (Å²) in [5.41, 5.74) is 0. The largest absolute Gasteiger partial charge is 0.480 e. The number of nitrogens with one attached hydrogen (secondary N) is 1. The molecule has 0 radical (unpaired) electrons. The molecular weight excluding hydrogens is 830 g/mol. The first-order valence-electron chi connectivity index (χ1n) is 26.0. The molecule has 4 N–H and O–H groups in total. The summed E-state index contributed by atoms with van der Waals surface area (Å²) < 4.78 is 26.9. The van der Waals surface area contributed by atoms with Crippen LogP contribution in [-0.2, 0) is 32.7 Å². The minimum atomic E-state index is -4.76. The number of ether oxygens (including phenoxy) is 1. The number of phosphoric ester groups is 1. The van der Waals surface area contributed by atoms with Crippen molar-refractivity contribution in [2.75, 3.05) is 19.8 Å². The fourth-order valence-electron chi connectivity index (χ4n) is 7.38. The van der Waals surface area contributed by atoms with Crippen molar-refractivity contribution in [1.29, 1.82) is 0 Å². The Hall–Kier alpha value is -2.30. The molecule has 0 aromatic carbocycles. The summed E-state index contributed by atoms with van der Waals surface area (Å²) >= 11 is 0. The third-order valence-corrected chi connectivity index (χ3v) is 12.4. The molecule has 3 unspecified atom stereocenters. The first-order valence-corrected chi connectivity index (χ1v) is 27.5. The fraction of sp³-hybridized carbons (Fsp3) is 0.827. The molecule has 0 rings (SSSR count). The highest BCUT2D eigenvalue weighted by Gasteiger charge is 2.28. The van der Waals surface area contributed by atoms with Gasteiger partial charge in [-0.05, 0) is 51.4 Å². The van der Waals surface area contributed by atoms with Crippen LogP contribution in [0, 0.1) is 0 Å². The van der Waals surface area contributed by atoms with Crippen molar-refractivity contribution in [3.8, 4) is 0 Å². The van der Waals surface area contributed by atoms with Gasteiger partial charge in [-0.3, -0.25) is 18.6 Å². The smallest absolute Gasteiger partial charge is 0.472 e. The highest BCUT2D eigenvalue weighted by atomic mass is 31.2. The summed E-state index contributed by atoms with van der Waals surface area (Å²) in [6.07, 6.45) is 53.0. The van der Waals surface area contributed by atoms with Crippen LogP contribution in [0.15, 0.2) is 36.5 Å². The monoisotopic (exact) mass is 926 g/mol. The van der Waals surface area contributed by atoms with Crippen LogP contribution in [-0.4, -0.2) is 64.9 Å². The molecule has 0 aliphatic heterocycles. The molecule has 0 aromatic rings. The van der Waals surface area contributed by atoms with Gasteiger partial charge in [0.25, 0.3) is 0 Å². The Bertz CT molecular complexity index is 1220. The van der Waals surface area contributed by atoms with E-state index in [4.69, 9.17) is 13.8 Å². The van der Waals surface area contributed by atoms with E-state index in [1.165, 1.54) is 135 Å². The molecule has 0 heterocycles. The van der Waals surface area contributed by atoms with Gasteiger partial charge in [0.15, 0.2) is 6.04 Å².